The average molecular weight is 455 g/mol. The number of aliphatic hydroxyl groups is 1. The van der Waals surface area contributed by atoms with Gasteiger partial charge in [0, 0.05) is 28.8 Å². The van der Waals surface area contributed by atoms with Gasteiger partial charge in [0.1, 0.15) is 0 Å². The van der Waals surface area contributed by atoms with Gasteiger partial charge in [-0.05, 0) is 35.1 Å². The highest BCUT2D eigenvalue weighted by Crippen LogP contribution is 2.32. The van der Waals surface area contributed by atoms with Gasteiger partial charge in [0.15, 0.2) is 10.7 Å². The van der Waals surface area contributed by atoms with E-state index in [9.17, 15) is 20.0 Å². The number of carbonyl (C=O) groups excluding carboxylic acids is 1. The summed E-state index contributed by atoms with van der Waals surface area (Å²) in [5.41, 5.74) is 2.33. The minimum Gasteiger partial charge on any atom is -0.391 e. The molecule has 0 aliphatic carbocycles. The number of allylic oxidation sites excluding steroid dienone is 1. The molecule has 0 spiro atoms. The third-order valence-electron chi connectivity index (χ3n) is 5.45. The second kappa shape index (κ2) is 8.42. The van der Waals surface area contributed by atoms with Crippen LogP contribution < -0.4 is 0 Å². The molecule has 2 heterocycles. The topological polar surface area (TPSA) is 97.7 Å². The lowest BCUT2D eigenvalue weighted by molar-refractivity contribution is -0.385. The maximum absolute atomic E-state index is 12.9. The van der Waals surface area contributed by atoms with Crippen molar-refractivity contribution in [3.8, 4) is 11.3 Å². The van der Waals surface area contributed by atoms with Crippen molar-refractivity contribution in [1.29, 1.82) is 0 Å². The van der Waals surface area contributed by atoms with Crippen molar-refractivity contribution in [3.05, 3.63) is 105 Å². The van der Waals surface area contributed by atoms with Crippen LogP contribution in [0.25, 0.3) is 33.1 Å². The van der Waals surface area contributed by atoms with E-state index < -0.39 is 11.5 Å². The molecule has 0 aliphatic rings. The number of hydrogen-bond donors (Lipinski definition) is 1. The van der Waals surface area contributed by atoms with Crippen LogP contribution in [0.1, 0.15) is 21.6 Å². The van der Waals surface area contributed by atoms with Crippen LogP contribution in [-0.4, -0.2) is 25.2 Å². The lowest BCUT2D eigenvalue weighted by atomic mass is 10.0. The van der Waals surface area contributed by atoms with Crippen LogP contribution in [-0.2, 0) is 6.61 Å². The van der Waals surface area contributed by atoms with Crippen LogP contribution in [0.5, 0.6) is 0 Å². The number of thiazole rings is 1. The molecule has 1 N–H and O–H groups in total. The molecule has 0 aliphatic heterocycles. The Balaban J connectivity index is 1.56. The first-order chi connectivity index (χ1) is 16.0. The largest absolute Gasteiger partial charge is 0.391 e. The Kier molecular flexibility index (Phi) is 5.29. The molecule has 0 radical (unpaired) electrons. The summed E-state index contributed by atoms with van der Waals surface area (Å²) < 4.78 is 1.84. The lowest BCUT2D eigenvalue weighted by Crippen LogP contribution is -1.97. The summed E-state index contributed by atoms with van der Waals surface area (Å²) in [7, 11) is 0. The molecule has 0 unspecified atom stereocenters. The molecule has 5 aromatic rings. The number of imidazole rings is 1. The molecule has 0 atom stereocenters. The second-order valence-electron chi connectivity index (χ2n) is 7.42. The van der Waals surface area contributed by atoms with Gasteiger partial charge in [-0.3, -0.25) is 19.3 Å². The van der Waals surface area contributed by atoms with Crippen molar-refractivity contribution in [2.45, 2.75) is 6.61 Å². The van der Waals surface area contributed by atoms with E-state index in [1.165, 1.54) is 29.5 Å². The Morgan fingerprint density at radius 3 is 2.73 bits per heavy atom. The Bertz CT molecular complexity index is 1560. The molecule has 5 rings (SSSR count). The predicted octanol–water partition coefficient (Wildman–Crippen LogP) is 5.51. The molecule has 7 nitrogen and oxygen atoms in total. The highest BCUT2D eigenvalue weighted by atomic mass is 32.1. The molecule has 162 valence electrons. The zero-order valence-electron chi connectivity index (χ0n) is 17.2. The van der Waals surface area contributed by atoms with E-state index in [0.717, 1.165) is 10.8 Å². The molecule has 2 aromatic heterocycles. The maximum Gasteiger partial charge on any atom is 0.275 e. The molecule has 0 bridgehead atoms. The Morgan fingerprint density at radius 2 is 1.94 bits per heavy atom. The van der Waals surface area contributed by atoms with Crippen LogP contribution in [0.2, 0.25) is 0 Å². The minimum atomic E-state index is -0.522. The van der Waals surface area contributed by atoms with Gasteiger partial charge in [-0.2, -0.15) is 0 Å². The van der Waals surface area contributed by atoms with Crippen molar-refractivity contribution < 1.29 is 14.8 Å². The van der Waals surface area contributed by atoms with Crippen LogP contribution in [0.15, 0.2) is 78.3 Å². The SMILES string of the molecule is O=C(C=Cc1c(-c2ccc(CO)c([N+](=O)[O-])c2)nc2sccn12)c1ccc2ccccc2c1. The van der Waals surface area contributed by atoms with Crippen LogP contribution in [0.3, 0.4) is 0 Å². The van der Waals surface area contributed by atoms with E-state index in [4.69, 9.17) is 0 Å². The number of nitro groups is 1. The van der Waals surface area contributed by atoms with Crippen LogP contribution in [0, 0.1) is 10.1 Å². The molecule has 3 aromatic carbocycles. The quantitative estimate of drug-likeness (QED) is 0.157. The lowest BCUT2D eigenvalue weighted by Gasteiger charge is -2.04. The van der Waals surface area contributed by atoms with Gasteiger partial charge in [0.05, 0.1) is 28.5 Å². The van der Waals surface area contributed by atoms with Crippen molar-refractivity contribution in [2.24, 2.45) is 0 Å². The maximum atomic E-state index is 12.9. The van der Waals surface area contributed by atoms with Gasteiger partial charge < -0.3 is 5.11 Å². The zero-order chi connectivity index (χ0) is 22.9. The standard InChI is InChI=1S/C25H17N3O4S/c29-15-20-8-7-19(14-22(20)28(31)32)24-21(27-11-12-33-25(27)26-24)9-10-23(30)18-6-5-16-3-1-2-4-17(16)13-18/h1-14,29H,15H2. The molecule has 0 fully saturated rings. The highest BCUT2D eigenvalue weighted by Gasteiger charge is 2.19. The van der Waals surface area contributed by atoms with Crippen molar-refractivity contribution >= 4 is 44.6 Å². The van der Waals surface area contributed by atoms with E-state index in [-0.39, 0.29) is 17.0 Å². The summed E-state index contributed by atoms with van der Waals surface area (Å²) in [6.45, 7) is -0.429. The summed E-state index contributed by atoms with van der Waals surface area (Å²) >= 11 is 1.43. The van der Waals surface area contributed by atoms with E-state index in [2.05, 4.69) is 4.98 Å². The molecular weight excluding hydrogens is 438 g/mol. The number of nitro benzene ring substituents is 1. The first-order valence-electron chi connectivity index (χ1n) is 10.1. The number of carbonyl (C=O) groups is 1. The van der Waals surface area contributed by atoms with Crippen molar-refractivity contribution in [1.82, 2.24) is 9.38 Å². The Labute approximate surface area is 192 Å². The van der Waals surface area contributed by atoms with Gasteiger partial charge in [0.2, 0.25) is 0 Å². The molecule has 8 heteroatoms. The predicted molar refractivity (Wildman–Crippen MR) is 128 cm³/mol. The Morgan fingerprint density at radius 1 is 1.12 bits per heavy atom. The summed E-state index contributed by atoms with van der Waals surface area (Å²) in [4.78, 5) is 29.2. The number of aromatic nitrogens is 2. The smallest absolute Gasteiger partial charge is 0.275 e. The van der Waals surface area contributed by atoms with E-state index in [0.29, 0.717) is 27.5 Å². The second-order valence-corrected chi connectivity index (χ2v) is 8.29. The molecule has 0 saturated carbocycles. The fraction of sp³-hybridized carbons (Fsp3) is 0.0400. The number of benzene rings is 3. The van der Waals surface area contributed by atoms with E-state index >= 15 is 0 Å². The zero-order valence-corrected chi connectivity index (χ0v) is 18.0. The third kappa shape index (κ3) is 3.82. The fourth-order valence-corrected chi connectivity index (χ4v) is 4.50. The van der Waals surface area contributed by atoms with Gasteiger partial charge in [-0.1, -0.05) is 42.5 Å². The Hall–Kier alpha value is -4.14. The first kappa shape index (κ1) is 20.7. The molecule has 0 saturated heterocycles. The van der Waals surface area contributed by atoms with E-state index in [1.807, 2.05) is 52.4 Å². The number of fused-ring (bicyclic) bond motifs is 2. The normalized spacial score (nSPS) is 11.5. The number of aliphatic hydroxyl groups excluding tert-OH is 1. The van der Waals surface area contributed by atoms with Gasteiger partial charge in [-0.15, -0.1) is 11.3 Å². The molecule has 33 heavy (non-hydrogen) atoms. The summed E-state index contributed by atoms with van der Waals surface area (Å²) in [5.74, 6) is -0.154. The van der Waals surface area contributed by atoms with Crippen LogP contribution >= 0.6 is 11.3 Å². The monoisotopic (exact) mass is 455 g/mol. The fourth-order valence-electron chi connectivity index (χ4n) is 3.78. The van der Waals surface area contributed by atoms with Gasteiger partial charge >= 0.3 is 0 Å². The van der Waals surface area contributed by atoms with Crippen LogP contribution in [0.4, 0.5) is 5.69 Å². The highest BCUT2D eigenvalue weighted by molar-refractivity contribution is 7.15. The number of hydrogen-bond acceptors (Lipinski definition) is 6. The average Bonchev–Trinajstić information content (AvgIpc) is 3.43. The van der Waals surface area contributed by atoms with E-state index in [1.54, 1.807) is 18.2 Å². The summed E-state index contributed by atoms with van der Waals surface area (Å²) in [5, 5.41) is 24.8. The van der Waals surface area contributed by atoms with Crippen molar-refractivity contribution in [3.63, 3.8) is 0 Å². The summed E-state index contributed by atoms with van der Waals surface area (Å²) in [6.07, 6.45) is 5.02. The number of ketones is 1. The third-order valence-corrected chi connectivity index (χ3v) is 6.21. The van der Waals surface area contributed by atoms with Gasteiger partial charge in [0.25, 0.3) is 5.69 Å². The number of nitrogens with zero attached hydrogens (tertiary/aromatic N) is 3. The van der Waals surface area contributed by atoms with Gasteiger partial charge in [-0.25, -0.2) is 4.98 Å². The first-order valence-corrected chi connectivity index (χ1v) is 11.0. The molecular formula is C25H17N3O4S. The summed E-state index contributed by atoms with van der Waals surface area (Å²) in [6, 6.07) is 18.0. The minimum absolute atomic E-state index is 0.154. The molecule has 0 amide bonds. The van der Waals surface area contributed by atoms with Crippen molar-refractivity contribution in [2.75, 3.05) is 0 Å². The number of rotatable bonds is 6.